The van der Waals surface area contributed by atoms with Crippen molar-refractivity contribution in [3.63, 3.8) is 0 Å². The molecule has 0 radical (unpaired) electrons. The highest BCUT2D eigenvalue weighted by Crippen LogP contribution is 2.26. The highest BCUT2D eigenvalue weighted by Gasteiger charge is 2.13. The lowest BCUT2D eigenvalue weighted by molar-refractivity contribution is 0.590. The number of hydrogen-bond acceptors (Lipinski definition) is 3. The first-order valence-electron chi connectivity index (χ1n) is 5.84. The maximum atomic E-state index is 13.3. The molecule has 0 spiro atoms. The number of nitrogens with zero attached hydrogens (tertiary/aromatic N) is 2. The molecule has 0 bridgehead atoms. The zero-order valence-corrected chi connectivity index (χ0v) is 9.49. The van der Waals surface area contributed by atoms with E-state index in [9.17, 15) is 4.39 Å². The van der Waals surface area contributed by atoms with Crippen molar-refractivity contribution in [2.75, 3.05) is 31.1 Å². The smallest absolute Gasteiger partial charge is 0.142 e. The molecular weight excluding hydrogens is 217 g/mol. The normalized spacial score (nSPS) is 16.4. The first-order valence-corrected chi connectivity index (χ1v) is 5.84. The van der Waals surface area contributed by atoms with Crippen LogP contribution in [0.1, 0.15) is 0 Å². The van der Waals surface area contributed by atoms with Gasteiger partial charge in [-0.1, -0.05) is 6.07 Å². The van der Waals surface area contributed by atoms with Crippen molar-refractivity contribution in [2.45, 2.75) is 0 Å². The summed E-state index contributed by atoms with van der Waals surface area (Å²) in [6.45, 7) is 3.85. The van der Waals surface area contributed by atoms with Crippen molar-refractivity contribution in [1.29, 1.82) is 0 Å². The minimum absolute atomic E-state index is 0.278. The lowest BCUT2D eigenvalue weighted by Crippen LogP contribution is -2.43. The van der Waals surface area contributed by atoms with E-state index in [1.807, 2.05) is 18.2 Å². The Bertz CT molecular complexity index is 535. The summed E-state index contributed by atoms with van der Waals surface area (Å²) in [6, 6.07) is 7.50. The Balaban J connectivity index is 2.11. The molecule has 1 N–H and O–H groups in total. The van der Waals surface area contributed by atoms with E-state index in [-0.39, 0.29) is 5.82 Å². The van der Waals surface area contributed by atoms with Crippen molar-refractivity contribution < 1.29 is 4.39 Å². The molecule has 3 rings (SSSR count). The van der Waals surface area contributed by atoms with Crippen LogP contribution in [0.2, 0.25) is 0 Å². The molecule has 17 heavy (non-hydrogen) atoms. The molecule has 2 heterocycles. The van der Waals surface area contributed by atoms with Crippen LogP contribution in [0.15, 0.2) is 30.5 Å². The van der Waals surface area contributed by atoms with Gasteiger partial charge in [0.1, 0.15) is 5.82 Å². The Hall–Kier alpha value is -1.68. The number of aromatic nitrogens is 1. The summed E-state index contributed by atoms with van der Waals surface area (Å²) in [5.41, 5.74) is 1.93. The lowest BCUT2D eigenvalue weighted by atomic mass is 10.1. The number of rotatable bonds is 1. The van der Waals surface area contributed by atoms with Gasteiger partial charge >= 0.3 is 0 Å². The largest absolute Gasteiger partial charge is 0.368 e. The third kappa shape index (κ3) is 1.96. The van der Waals surface area contributed by atoms with Gasteiger partial charge in [-0.25, -0.2) is 4.39 Å². The Morgan fingerprint density at radius 1 is 1.24 bits per heavy atom. The highest BCUT2D eigenvalue weighted by molar-refractivity contribution is 5.91. The minimum atomic E-state index is -0.278. The molecule has 1 fully saturated rings. The third-order valence-corrected chi connectivity index (χ3v) is 3.13. The molecule has 2 aromatic rings. The number of piperazine rings is 1. The number of benzene rings is 1. The van der Waals surface area contributed by atoms with Crippen LogP contribution >= 0.6 is 0 Å². The highest BCUT2D eigenvalue weighted by atomic mass is 19.1. The molecule has 1 aromatic heterocycles. The Morgan fingerprint density at radius 2 is 2.06 bits per heavy atom. The first kappa shape index (κ1) is 10.5. The van der Waals surface area contributed by atoms with Crippen LogP contribution in [0.4, 0.5) is 10.1 Å². The quantitative estimate of drug-likeness (QED) is 0.811. The number of hydrogen-bond donors (Lipinski definition) is 1. The van der Waals surface area contributed by atoms with E-state index in [1.165, 1.54) is 6.20 Å². The summed E-state index contributed by atoms with van der Waals surface area (Å²) in [5.74, 6) is -0.278. The summed E-state index contributed by atoms with van der Waals surface area (Å²) in [4.78, 5) is 6.40. The Labute approximate surface area is 99.3 Å². The predicted molar refractivity (Wildman–Crippen MR) is 66.8 cm³/mol. The Morgan fingerprint density at radius 3 is 2.88 bits per heavy atom. The van der Waals surface area contributed by atoms with Crippen LogP contribution in [0, 0.1) is 5.82 Å². The zero-order chi connectivity index (χ0) is 11.7. The van der Waals surface area contributed by atoms with Crippen LogP contribution in [-0.4, -0.2) is 31.2 Å². The first-order chi connectivity index (χ1) is 8.34. The monoisotopic (exact) mass is 231 g/mol. The van der Waals surface area contributed by atoms with E-state index in [2.05, 4.69) is 15.2 Å². The van der Waals surface area contributed by atoms with E-state index in [0.29, 0.717) is 0 Å². The molecule has 3 nitrogen and oxygen atoms in total. The molecule has 1 aliphatic heterocycles. The maximum absolute atomic E-state index is 13.3. The number of pyridine rings is 1. The molecule has 4 heteroatoms. The van der Waals surface area contributed by atoms with Gasteiger partial charge < -0.3 is 10.2 Å². The number of anilines is 1. The van der Waals surface area contributed by atoms with Crippen molar-refractivity contribution in [1.82, 2.24) is 10.3 Å². The number of fused-ring (bicyclic) bond motifs is 1. The van der Waals surface area contributed by atoms with Gasteiger partial charge in [-0.3, -0.25) is 4.98 Å². The topological polar surface area (TPSA) is 28.2 Å². The molecule has 1 aliphatic rings. The van der Waals surface area contributed by atoms with Gasteiger partial charge in [-0.05, 0) is 18.2 Å². The van der Waals surface area contributed by atoms with Crippen LogP contribution in [-0.2, 0) is 0 Å². The van der Waals surface area contributed by atoms with Gasteiger partial charge in [-0.15, -0.1) is 0 Å². The van der Waals surface area contributed by atoms with E-state index in [0.717, 1.165) is 42.8 Å². The van der Waals surface area contributed by atoms with Gasteiger partial charge in [0.05, 0.1) is 11.7 Å². The van der Waals surface area contributed by atoms with Crippen molar-refractivity contribution >= 4 is 16.6 Å². The summed E-state index contributed by atoms with van der Waals surface area (Å²) in [7, 11) is 0. The van der Waals surface area contributed by atoms with Gasteiger partial charge in [0.25, 0.3) is 0 Å². The third-order valence-electron chi connectivity index (χ3n) is 3.13. The van der Waals surface area contributed by atoms with Crippen LogP contribution in [0.3, 0.4) is 0 Å². The van der Waals surface area contributed by atoms with Crippen molar-refractivity contribution in [2.24, 2.45) is 0 Å². The molecule has 1 aromatic carbocycles. The second kappa shape index (κ2) is 4.30. The molecule has 0 atom stereocenters. The van der Waals surface area contributed by atoms with Crippen molar-refractivity contribution in [3.8, 4) is 0 Å². The standard InChI is InChI=1S/C13H14FN3/c14-10-8-11-12(16-9-10)2-1-3-13(11)17-6-4-15-5-7-17/h1-3,8-9,15H,4-7H2. The average molecular weight is 231 g/mol. The van der Waals surface area contributed by atoms with E-state index < -0.39 is 0 Å². The predicted octanol–water partition coefficient (Wildman–Crippen LogP) is 1.78. The van der Waals surface area contributed by atoms with Gasteiger partial charge in [0, 0.05) is 37.3 Å². The van der Waals surface area contributed by atoms with Crippen LogP contribution in [0.5, 0.6) is 0 Å². The number of halogens is 1. The summed E-state index contributed by atoms with van der Waals surface area (Å²) >= 11 is 0. The van der Waals surface area contributed by atoms with E-state index in [1.54, 1.807) is 6.07 Å². The fraction of sp³-hybridized carbons (Fsp3) is 0.308. The van der Waals surface area contributed by atoms with Gasteiger partial charge in [0.2, 0.25) is 0 Å². The minimum Gasteiger partial charge on any atom is -0.368 e. The maximum Gasteiger partial charge on any atom is 0.142 e. The summed E-state index contributed by atoms with van der Waals surface area (Å²) in [6.07, 6.45) is 1.27. The Kier molecular flexibility index (Phi) is 2.65. The van der Waals surface area contributed by atoms with Crippen LogP contribution < -0.4 is 10.2 Å². The van der Waals surface area contributed by atoms with E-state index in [4.69, 9.17) is 0 Å². The molecular formula is C13H14FN3. The zero-order valence-electron chi connectivity index (χ0n) is 9.49. The summed E-state index contributed by atoms with van der Waals surface area (Å²) in [5, 5.41) is 4.21. The second-order valence-corrected chi connectivity index (χ2v) is 4.23. The lowest BCUT2D eigenvalue weighted by Gasteiger charge is -2.30. The fourth-order valence-corrected chi connectivity index (χ4v) is 2.29. The van der Waals surface area contributed by atoms with Crippen molar-refractivity contribution in [3.05, 3.63) is 36.3 Å². The molecule has 0 saturated carbocycles. The molecule has 0 aliphatic carbocycles. The molecule has 0 unspecified atom stereocenters. The SMILES string of the molecule is Fc1cnc2cccc(N3CCNCC3)c2c1. The average Bonchev–Trinajstić information content (AvgIpc) is 2.39. The number of nitrogens with one attached hydrogen (secondary N) is 1. The molecule has 1 saturated heterocycles. The molecule has 0 amide bonds. The van der Waals surface area contributed by atoms with Gasteiger partial charge in [-0.2, -0.15) is 0 Å². The second-order valence-electron chi connectivity index (χ2n) is 4.23. The van der Waals surface area contributed by atoms with Gasteiger partial charge in [0.15, 0.2) is 0 Å². The van der Waals surface area contributed by atoms with E-state index >= 15 is 0 Å². The fourth-order valence-electron chi connectivity index (χ4n) is 2.29. The van der Waals surface area contributed by atoms with Crippen LogP contribution in [0.25, 0.3) is 10.9 Å². The summed E-state index contributed by atoms with van der Waals surface area (Å²) < 4.78 is 13.3. The molecule has 88 valence electrons.